The van der Waals surface area contributed by atoms with Crippen LogP contribution in [0, 0.1) is 5.92 Å². The van der Waals surface area contributed by atoms with E-state index in [1.54, 1.807) is 24.3 Å². The van der Waals surface area contributed by atoms with E-state index in [0.717, 1.165) is 4.90 Å². The van der Waals surface area contributed by atoms with Crippen LogP contribution in [0.2, 0.25) is 0 Å². The highest BCUT2D eigenvalue weighted by Crippen LogP contribution is 2.25. The number of carbonyl (C=O) groups excluding carboxylic acids is 2. The van der Waals surface area contributed by atoms with Crippen LogP contribution in [0.1, 0.15) is 33.6 Å². The number of fused-ring (bicyclic) bond motifs is 1. The minimum atomic E-state index is -1.02. The van der Waals surface area contributed by atoms with E-state index in [2.05, 4.69) is 0 Å². The van der Waals surface area contributed by atoms with Crippen molar-refractivity contribution >= 4 is 23.8 Å². The van der Waals surface area contributed by atoms with E-state index in [1.807, 2.05) is 0 Å². The molecular formula is C17H18N2O6. The number of carbonyl (C=O) groups is 4. The maximum Gasteiger partial charge on any atom is 0.320 e. The summed E-state index contributed by atoms with van der Waals surface area (Å²) >= 11 is 0. The predicted octanol–water partition coefficient (Wildman–Crippen LogP) is 0.532. The van der Waals surface area contributed by atoms with Gasteiger partial charge in [-0.25, -0.2) is 0 Å². The minimum absolute atomic E-state index is 0.0302. The van der Waals surface area contributed by atoms with Crippen LogP contribution in [-0.2, 0) is 9.59 Å². The third-order valence-corrected chi connectivity index (χ3v) is 4.81. The average molecular weight is 346 g/mol. The number of imide groups is 1. The van der Waals surface area contributed by atoms with Gasteiger partial charge in [-0.2, -0.15) is 0 Å². The maximum absolute atomic E-state index is 12.3. The van der Waals surface area contributed by atoms with Gasteiger partial charge in [0.05, 0.1) is 17.0 Å². The highest BCUT2D eigenvalue weighted by molar-refractivity contribution is 6.21. The Labute approximate surface area is 143 Å². The number of nitrogens with zero attached hydrogens (tertiary/aromatic N) is 2. The molecule has 2 amide bonds. The molecule has 1 saturated heterocycles. The van der Waals surface area contributed by atoms with Crippen molar-refractivity contribution in [1.82, 2.24) is 9.80 Å². The van der Waals surface area contributed by atoms with Crippen LogP contribution >= 0.6 is 0 Å². The molecule has 1 fully saturated rings. The lowest BCUT2D eigenvalue weighted by Crippen LogP contribution is -2.51. The summed E-state index contributed by atoms with van der Waals surface area (Å²) in [7, 11) is 0. The predicted molar refractivity (Wildman–Crippen MR) is 85.2 cm³/mol. The van der Waals surface area contributed by atoms with Crippen molar-refractivity contribution in [3.05, 3.63) is 35.4 Å². The molecule has 2 N–H and O–H groups in total. The Morgan fingerprint density at radius 1 is 0.960 bits per heavy atom. The summed E-state index contributed by atoms with van der Waals surface area (Å²) in [6.45, 7) is 0.254. The molecule has 2 aliphatic heterocycles. The SMILES string of the molecule is O=C(O)[C@@H]1CC[C@@H](C(=O)O)N(CCN2C(=O)c3ccccc3C2=O)C1. The third-order valence-electron chi connectivity index (χ3n) is 4.81. The van der Waals surface area contributed by atoms with E-state index in [0.29, 0.717) is 17.5 Å². The van der Waals surface area contributed by atoms with Crippen LogP contribution in [0.25, 0.3) is 0 Å². The molecule has 25 heavy (non-hydrogen) atoms. The monoisotopic (exact) mass is 346 g/mol. The zero-order valence-electron chi connectivity index (χ0n) is 13.4. The molecule has 2 aliphatic rings. The van der Waals surface area contributed by atoms with Gasteiger partial charge in [0.2, 0.25) is 0 Å². The first kappa shape index (κ1) is 17.1. The molecule has 0 bridgehead atoms. The van der Waals surface area contributed by atoms with E-state index in [-0.39, 0.29) is 26.1 Å². The topological polar surface area (TPSA) is 115 Å². The molecule has 8 heteroatoms. The maximum atomic E-state index is 12.3. The lowest BCUT2D eigenvalue weighted by atomic mass is 9.93. The minimum Gasteiger partial charge on any atom is -0.481 e. The summed E-state index contributed by atoms with van der Waals surface area (Å²) < 4.78 is 0. The molecular weight excluding hydrogens is 328 g/mol. The summed E-state index contributed by atoms with van der Waals surface area (Å²) in [6, 6.07) is 5.71. The van der Waals surface area contributed by atoms with Crippen LogP contribution in [0.3, 0.4) is 0 Å². The molecule has 2 atom stereocenters. The molecule has 1 aromatic carbocycles. The zero-order chi connectivity index (χ0) is 18.1. The number of hydrogen-bond acceptors (Lipinski definition) is 5. The molecule has 1 aromatic rings. The summed E-state index contributed by atoms with van der Waals surface area (Å²) in [6.07, 6.45) is 0.532. The van der Waals surface area contributed by atoms with E-state index in [9.17, 15) is 29.4 Å². The first-order chi connectivity index (χ1) is 11.9. The Balaban J connectivity index is 1.71. The highest BCUT2D eigenvalue weighted by Gasteiger charge is 2.38. The molecule has 8 nitrogen and oxygen atoms in total. The first-order valence-corrected chi connectivity index (χ1v) is 8.05. The average Bonchev–Trinajstić information content (AvgIpc) is 2.84. The standard InChI is InChI=1S/C17H18N2O6/c20-14-11-3-1-2-4-12(11)15(21)19(14)8-7-18-9-10(16(22)23)5-6-13(18)17(24)25/h1-4,10,13H,5-9H2,(H,22,23)(H,24,25)/t10-,13+/m1/s1. The van der Waals surface area contributed by atoms with Crippen LogP contribution in [0.15, 0.2) is 24.3 Å². The van der Waals surface area contributed by atoms with E-state index in [4.69, 9.17) is 0 Å². The molecule has 0 spiro atoms. The molecule has 3 rings (SSSR count). The van der Waals surface area contributed by atoms with Gasteiger partial charge in [0.15, 0.2) is 0 Å². The molecule has 132 valence electrons. The Hall–Kier alpha value is -2.74. The fourth-order valence-corrected chi connectivity index (χ4v) is 3.44. The normalized spacial score (nSPS) is 23.6. The zero-order valence-corrected chi connectivity index (χ0v) is 13.4. The highest BCUT2D eigenvalue weighted by atomic mass is 16.4. The Kier molecular flexibility index (Phi) is 4.54. The van der Waals surface area contributed by atoms with Crippen LogP contribution in [-0.4, -0.2) is 69.4 Å². The number of carboxylic acid groups (broad SMARTS) is 2. The Morgan fingerprint density at radius 3 is 2.08 bits per heavy atom. The second kappa shape index (κ2) is 6.64. The van der Waals surface area contributed by atoms with Gasteiger partial charge in [-0.15, -0.1) is 0 Å². The van der Waals surface area contributed by atoms with Gasteiger partial charge in [0.25, 0.3) is 11.8 Å². The summed E-state index contributed by atoms with van der Waals surface area (Å²) in [4.78, 5) is 49.9. The molecule has 2 heterocycles. The van der Waals surface area contributed by atoms with Crippen molar-refractivity contribution in [3.8, 4) is 0 Å². The summed E-state index contributed by atoms with van der Waals surface area (Å²) in [5, 5.41) is 18.5. The van der Waals surface area contributed by atoms with Gasteiger partial charge in [-0.3, -0.25) is 29.0 Å². The van der Waals surface area contributed by atoms with Crippen LogP contribution < -0.4 is 0 Å². The smallest absolute Gasteiger partial charge is 0.320 e. The largest absolute Gasteiger partial charge is 0.481 e. The fourth-order valence-electron chi connectivity index (χ4n) is 3.44. The number of carboxylic acids is 2. The van der Waals surface area contributed by atoms with Crippen molar-refractivity contribution < 1.29 is 29.4 Å². The summed E-state index contributed by atoms with van der Waals surface area (Å²) in [5.74, 6) is -3.43. The van der Waals surface area contributed by atoms with Gasteiger partial charge in [0, 0.05) is 19.6 Å². The fraction of sp³-hybridized carbons (Fsp3) is 0.412. The van der Waals surface area contributed by atoms with Gasteiger partial charge in [0.1, 0.15) is 6.04 Å². The van der Waals surface area contributed by atoms with Crippen molar-refractivity contribution in [2.24, 2.45) is 5.92 Å². The number of hydrogen-bond donors (Lipinski definition) is 2. The number of likely N-dealkylation sites (tertiary alicyclic amines) is 1. The van der Waals surface area contributed by atoms with Crippen molar-refractivity contribution in [3.63, 3.8) is 0 Å². The third kappa shape index (κ3) is 3.12. The number of aliphatic carboxylic acids is 2. The van der Waals surface area contributed by atoms with E-state index >= 15 is 0 Å². The summed E-state index contributed by atoms with van der Waals surface area (Å²) in [5.41, 5.74) is 0.675. The van der Waals surface area contributed by atoms with E-state index in [1.165, 1.54) is 4.90 Å². The second-order valence-corrected chi connectivity index (χ2v) is 6.27. The molecule has 0 unspecified atom stereocenters. The Bertz CT molecular complexity index is 711. The molecule has 0 aromatic heterocycles. The van der Waals surface area contributed by atoms with Gasteiger partial charge < -0.3 is 10.2 Å². The molecule has 0 saturated carbocycles. The van der Waals surface area contributed by atoms with Gasteiger partial charge >= 0.3 is 11.9 Å². The second-order valence-electron chi connectivity index (χ2n) is 6.27. The van der Waals surface area contributed by atoms with Crippen molar-refractivity contribution in [2.45, 2.75) is 18.9 Å². The van der Waals surface area contributed by atoms with Crippen molar-refractivity contribution in [1.29, 1.82) is 0 Å². The lowest BCUT2D eigenvalue weighted by molar-refractivity contribution is -0.151. The van der Waals surface area contributed by atoms with Crippen LogP contribution in [0.5, 0.6) is 0 Å². The first-order valence-electron chi connectivity index (χ1n) is 8.05. The molecule has 0 radical (unpaired) electrons. The lowest BCUT2D eigenvalue weighted by Gasteiger charge is -2.36. The number of rotatable bonds is 5. The number of amides is 2. The van der Waals surface area contributed by atoms with Gasteiger partial charge in [-0.05, 0) is 25.0 Å². The number of benzene rings is 1. The van der Waals surface area contributed by atoms with E-state index < -0.39 is 35.7 Å². The molecule has 0 aliphatic carbocycles. The van der Waals surface area contributed by atoms with Crippen molar-refractivity contribution in [2.75, 3.05) is 19.6 Å². The van der Waals surface area contributed by atoms with Crippen LogP contribution in [0.4, 0.5) is 0 Å². The quantitative estimate of drug-likeness (QED) is 0.747. The Morgan fingerprint density at radius 2 is 1.56 bits per heavy atom. The number of piperidine rings is 1. The van der Waals surface area contributed by atoms with Gasteiger partial charge in [-0.1, -0.05) is 12.1 Å².